The molecule has 0 aliphatic carbocycles. The van der Waals surface area contributed by atoms with Crippen molar-refractivity contribution in [2.24, 2.45) is 0 Å². The van der Waals surface area contributed by atoms with Gasteiger partial charge in [-0.05, 0) is 42.8 Å². The van der Waals surface area contributed by atoms with Crippen molar-refractivity contribution in [3.8, 4) is 5.75 Å². The summed E-state index contributed by atoms with van der Waals surface area (Å²) in [6, 6.07) is 13.3. The Labute approximate surface area is 154 Å². The van der Waals surface area contributed by atoms with Gasteiger partial charge >= 0.3 is 0 Å². The van der Waals surface area contributed by atoms with Crippen molar-refractivity contribution in [1.82, 2.24) is 15.2 Å². The zero-order valence-corrected chi connectivity index (χ0v) is 14.8. The largest absolute Gasteiger partial charge is 0.485 e. The molecular weight excluding hydrogens is 355 g/mol. The quantitative estimate of drug-likeness (QED) is 0.620. The molecule has 0 spiro atoms. The number of carbonyl (C=O) groups excluding carboxylic acids is 1. The van der Waals surface area contributed by atoms with E-state index in [0.29, 0.717) is 16.7 Å². The molecule has 26 heavy (non-hydrogen) atoms. The fraction of sp³-hybridized carbons (Fsp3) is 0.167. The van der Waals surface area contributed by atoms with Crippen molar-refractivity contribution < 1.29 is 13.9 Å². The summed E-state index contributed by atoms with van der Waals surface area (Å²) in [7, 11) is 0. The van der Waals surface area contributed by atoms with Crippen molar-refractivity contribution >= 4 is 23.4 Å². The van der Waals surface area contributed by atoms with Crippen LogP contribution in [0.15, 0.2) is 53.7 Å². The van der Waals surface area contributed by atoms with Crippen LogP contribution in [-0.2, 0) is 11.4 Å². The Morgan fingerprint density at radius 2 is 2.00 bits per heavy atom. The van der Waals surface area contributed by atoms with E-state index in [1.54, 1.807) is 0 Å². The number of anilines is 1. The standard InChI is InChI=1S/C18H17FN4O2S/c1-12-4-2-3-5-15(12)25-10-16-21-18(23-22-16)26-11-17(24)20-14-8-6-13(19)7-9-14/h2-9H,10-11H2,1H3,(H,20,24)(H,21,22,23). The lowest BCUT2D eigenvalue weighted by Gasteiger charge is -2.06. The fourth-order valence-corrected chi connectivity index (χ4v) is 2.75. The summed E-state index contributed by atoms with van der Waals surface area (Å²) in [4.78, 5) is 16.2. The maximum atomic E-state index is 12.8. The predicted molar refractivity (Wildman–Crippen MR) is 97.6 cm³/mol. The van der Waals surface area contributed by atoms with Crippen LogP contribution in [0, 0.1) is 12.7 Å². The van der Waals surface area contributed by atoms with Crippen LogP contribution >= 0.6 is 11.8 Å². The number of aromatic amines is 1. The summed E-state index contributed by atoms with van der Waals surface area (Å²) in [5, 5.41) is 10.00. The van der Waals surface area contributed by atoms with Crippen molar-refractivity contribution in [2.45, 2.75) is 18.7 Å². The fourth-order valence-electron chi connectivity index (χ4n) is 2.13. The van der Waals surface area contributed by atoms with Gasteiger partial charge in [0.25, 0.3) is 0 Å². The number of benzene rings is 2. The van der Waals surface area contributed by atoms with Crippen LogP contribution in [0.4, 0.5) is 10.1 Å². The number of nitrogens with one attached hydrogen (secondary N) is 2. The lowest BCUT2D eigenvalue weighted by atomic mass is 10.2. The van der Waals surface area contributed by atoms with E-state index >= 15 is 0 Å². The number of rotatable bonds is 7. The van der Waals surface area contributed by atoms with E-state index in [9.17, 15) is 9.18 Å². The van der Waals surface area contributed by atoms with Gasteiger partial charge in [-0.2, -0.15) is 0 Å². The Morgan fingerprint density at radius 1 is 1.23 bits per heavy atom. The minimum absolute atomic E-state index is 0.146. The number of hydrogen-bond acceptors (Lipinski definition) is 5. The van der Waals surface area contributed by atoms with Crippen LogP contribution < -0.4 is 10.1 Å². The molecule has 0 unspecified atom stereocenters. The molecule has 1 heterocycles. The first kappa shape index (κ1) is 17.9. The number of carbonyl (C=O) groups is 1. The number of H-pyrrole nitrogens is 1. The number of thioether (sulfide) groups is 1. The highest BCUT2D eigenvalue weighted by Crippen LogP contribution is 2.18. The Morgan fingerprint density at radius 3 is 2.77 bits per heavy atom. The summed E-state index contributed by atoms with van der Waals surface area (Å²) in [5.41, 5.74) is 1.58. The molecule has 6 nitrogen and oxygen atoms in total. The number of ether oxygens (including phenoxy) is 1. The van der Waals surface area contributed by atoms with E-state index in [2.05, 4.69) is 20.5 Å². The number of nitrogens with zero attached hydrogens (tertiary/aromatic N) is 2. The molecule has 0 radical (unpaired) electrons. The predicted octanol–water partition coefficient (Wildman–Crippen LogP) is 3.56. The van der Waals surface area contributed by atoms with Crippen molar-refractivity contribution in [3.05, 3.63) is 65.7 Å². The maximum Gasteiger partial charge on any atom is 0.234 e. The average molecular weight is 372 g/mol. The third-order valence-corrected chi connectivity index (χ3v) is 4.28. The minimum Gasteiger partial charge on any atom is -0.485 e. The van der Waals surface area contributed by atoms with Gasteiger partial charge in [0.1, 0.15) is 18.2 Å². The smallest absolute Gasteiger partial charge is 0.234 e. The van der Waals surface area contributed by atoms with Gasteiger partial charge in [0.05, 0.1) is 5.75 Å². The Bertz CT molecular complexity index is 883. The Balaban J connectivity index is 1.46. The number of aryl methyl sites for hydroxylation is 1. The highest BCUT2D eigenvalue weighted by molar-refractivity contribution is 7.99. The zero-order valence-electron chi connectivity index (χ0n) is 14.0. The molecule has 8 heteroatoms. The topological polar surface area (TPSA) is 79.9 Å². The normalized spacial score (nSPS) is 10.5. The highest BCUT2D eigenvalue weighted by Gasteiger charge is 2.09. The van der Waals surface area contributed by atoms with E-state index in [1.165, 1.54) is 36.0 Å². The molecule has 0 aliphatic heterocycles. The summed E-state index contributed by atoms with van der Waals surface area (Å²) < 4.78 is 18.5. The molecule has 134 valence electrons. The first-order chi connectivity index (χ1) is 12.6. The van der Waals surface area contributed by atoms with E-state index < -0.39 is 0 Å². The van der Waals surface area contributed by atoms with Gasteiger partial charge < -0.3 is 10.1 Å². The summed E-state index contributed by atoms with van der Waals surface area (Å²) in [6.45, 7) is 2.23. The third kappa shape index (κ3) is 5.06. The van der Waals surface area contributed by atoms with Crippen molar-refractivity contribution in [3.63, 3.8) is 0 Å². The van der Waals surface area contributed by atoms with Crippen LogP contribution in [0.5, 0.6) is 5.75 Å². The molecule has 0 fully saturated rings. The summed E-state index contributed by atoms with van der Waals surface area (Å²) in [5.74, 6) is 0.946. The van der Waals surface area contributed by atoms with E-state index in [1.807, 2.05) is 31.2 Å². The zero-order chi connectivity index (χ0) is 18.4. The number of halogens is 1. The molecule has 0 saturated carbocycles. The van der Waals surface area contributed by atoms with Gasteiger partial charge in [-0.1, -0.05) is 30.0 Å². The second-order valence-corrected chi connectivity index (χ2v) is 6.41. The van der Waals surface area contributed by atoms with E-state index in [-0.39, 0.29) is 24.1 Å². The van der Waals surface area contributed by atoms with Crippen LogP contribution in [0.3, 0.4) is 0 Å². The third-order valence-electron chi connectivity index (χ3n) is 3.43. The number of aromatic nitrogens is 3. The van der Waals surface area contributed by atoms with Crippen LogP contribution in [0.1, 0.15) is 11.4 Å². The Kier molecular flexibility index (Phi) is 5.85. The minimum atomic E-state index is -0.349. The summed E-state index contributed by atoms with van der Waals surface area (Å²) in [6.07, 6.45) is 0. The van der Waals surface area contributed by atoms with Crippen LogP contribution in [-0.4, -0.2) is 26.8 Å². The van der Waals surface area contributed by atoms with Gasteiger partial charge in [0.15, 0.2) is 5.82 Å². The van der Waals surface area contributed by atoms with Crippen molar-refractivity contribution in [1.29, 1.82) is 0 Å². The molecule has 1 aromatic heterocycles. The molecule has 0 saturated heterocycles. The number of para-hydroxylation sites is 1. The van der Waals surface area contributed by atoms with Crippen molar-refractivity contribution in [2.75, 3.05) is 11.1 Å². The first-order valence-corrected chi connectivity index (χ1v) is 8.86. The SMILES string of the molecule is Cc1ccccc1OCc1nc(SCC(=O)Nc2ccc(F)cc2)n[nH]1. The first-order valence-electron chi connectivity index (χ1n) is 7.88. The second kappa shape index (κ2) is 8.48. The van der Waals surface area contributed by atoms with Gasteiger partial charge in [0, 0.05) is 5.69 Å². The number of amides is 1. The lowest BCUT2D eigenvalue weighted by Crippen LogP contribution is -2.14. The molecule has 2 N–H and O–H groups in total. The lowest BCUT2D eigenvalue weighted by molar-refractivity contribution is -0.113. The molecular formula is C18H17FN4O2S. The molecule has 3 aromatic rings. The van der Waals surface area contributed by atoms with Gasteiger partial charge in [-0.3, -0.25) is 9.89 Å². The van der Waals surface area contributed by atoms with Gasteiger partial charge in [0.2, 0.25) is 11.1 Å². The van der Waals surface area contributed by atoms with E-state index in [0.717, 1.165) is 11.3 Å². The van der Waals surface area contributed by atoms with Crippen LogP contribution in [0.2, 0.25) is 0 Å². The molecule has 1 amide bonds. The van der Waals surface area contributed by atoms with Gasteiger partial charge in [-0.25, -0.2) is 9.37 Å². The maximum absolute atomic E-state index is 12.8. The monoisotopic (exact) mass is 372 g/mol. The summed E-state index contributed by atoms with van der Waals surface area (Å²) >= 11 is 1.20. The second-order valence-electron chi connectivity index (χ2n) is 5.46. The average Bonchev–Trinajstić information content (AvgIpc) is 3.09. The Hall–Kier alpha value is -2.87. The highest BCUT2D eigenvalue weighted by atomic mass is 32.2. The molecule has 0 atom stereocenters. The molecule has 0 bridgehead atoms. The molecule has 2 aromatic carbocycles. The molecule has 3 rings (SSSR count). The van der Waals surface area contributed by atoms with E-state index in [4.69, 9.17) is 4.74 Å². The molecule has 0 aliphatic rings. The van der Waals surface area contributed by atoms with Crippen LogP contribution in [0.25, 0.3) is 0 Å². The number of hydrogen-bond donors (Lipinski definition) is 2. The van der Waals surface area contributed by atoms with Gasteiger partial charge in [-0.15, -0.1) is 5.10 Å².